The Balaban J connectivity index is 1.58. The second-order valence-electron chi connectivity index (χ2n) is 5.37. The van der Waals surface area contributed by atoms with Crippen molar-refractivity contribution in [3.8, 4) is 5.75 Å². The van der Waals surface area contributed by atoms with E-state index in [0.29, 0.717) is 12.3 Å². The molecule has 0 aliphatic heterocycles. The number of fused-ring (bicyclic) bond motifs is 1. The second-order valence-corrected chi connectivity index (χ2v) is 5.37. The van der Waals surface area contributed by atoms with Crippen LogP contribution in [0.15, 0.2) is 48.7 Å². The van der Waals surface area contributed by atoms with E-state index in [4.69, 9.17) is 0 Å². The molecule has 0 saturated heterocycles. The van der Waals surface area contributed by atoms with Gasteiger partial charge in [-0.1, -0.05) is 36.4 Å². The molecule has 0 radical (unpaired) electrons. The standard InChI is InChI=1S/C18H20N2O/c1-13-5-4-6-15(18(13)21)11-19-10-9-14-12-20-17-8-3-2-7-16(14)17/h2-8,12,19-21H,9-11H2,1H3. The van der Waals surface area contributed by atoms with Gasteiger partial charge in [-0.25, -0.2) is 0 Å². The third-order valence-electron chi connectivity index (χ3n) is 3.88. The van der Waals surface area contributed by atoms with Crippen LogP contribution in [0.25, 0.3) is 10.9 Å². The van der Waals surface area contributed by atoms with E-state index in [9.17, 15) is 5.11 Å². The summed E-state index contributed by atoms with van der Waals surface area (Å²) in [6, 6.07) is 14.2. The molecular weight excluding hydrogens is 260 g/mol. The highest BCUT2D eigenvalue weighted by atomic mass is 16.3. The Morgan fingerprint density at radius 3 is 2.81 bits per heavy atom. The summed E-state index contributed by atoms with van der Waals surface area (Å²) >= 11 is 0. The lowest BCUT2D eigenvalue weighted by Crippen LogP contribution is -2.16. The summed E-state index contributed by atoms with van der Waals surface area (Å²) in [5.74, 6) is 0.400. The number of rotatable bonds is 5. The van der Waals surface area contributed by atoms with Gasteiger partial charge in [0, 0.05) is 29.2 Å². The van der Waals surface area contributed by atoms with Crippen molar-refractivity contribution in [3.63, 3.8) is 0 Å². The third-order valence-corrected chi connectivity index (χ3v) is 3.88. The monoisotopic (exact) mass is 280 g/mol. The largest absolute Gasteiger partial charge is 0.507 e. The molecule has 0 atom stereocenters. The second kappa shape index (κ2) is 6.02. The number of hydrogen-bond donors (Lipinski definition) is 3. The number of aromatic nitrogens is 1. The normalized spacial score (nSPS) is 11.1. The van der Waals surface area contributed by atoms with E-state index in [2.05, 4.69) is 34.7 Å². The van der Waals surface area contributed by atoms with Crippen LogP contribution in [-0.4, -0.2) is 16.6 Å². The van der Waals surface area contributed by atoms with Crippen molar-refractivity contribution >= 4 is 10.9 Å². The lowest BCUT2D eigenvalue weighted by molar-refractivity contribution is 0.460. The highest BCUT2D eigenvalue weighted by molar-refractivity contribution is 5.83. The maximum atomic E-state index is 9.98. The summed E-state index contributed by atoms with van der Waals surface area (Å²) in [7, 11) is 0. The van der Waals surface area contributed by atoms with E-state index in [0.717, 1.165) is 24.1 Å². The molecule has 0 unspecified atom stereocenters. The van der Waals surface area contributed by atoms with Gasteiger partial charge < -0.3 is 15.4 Å². The van der Waals surface area contributed by atoms with Gasteiger partial charge >= 0.3 is 0 Å². The van der Waals surface area contributed by atoms with Gasteiger partial charge in [-0.05, 0) is 37.1 Å². The topological polar surface area (TPSA) is 48.0 Å². The van der Waals surface area contributed by atoms with Crippen LogP contribution >= 0.6 is 0 Å². The first-order valence-corrected chi connectivity index (χ1v) is 7.29. The van der Waals surface area contributed by atoms with E-state index in [1.165, 1.54) is 16.5 Å². The number of benzene rings is 2. The molecule has 0 amide bonds. The van der Waals surface area contributed by atoms with Crippen molar-refractivity contribution in [2.75, 3.05) is 6.54 Å². The minimum absolute atomic E-state index is 0.400. The molecule has 3 N–H and O–H groups in total. The van der Waals surface area contributed by atoms with E-state index in [-0.39, 0.29) is 0 Å². The molecule has 3 nitrogen and oxygen atoms in total. The van der Waals surface area contributed by atoms with Gasteiger partial charge in [0.25, 0.3) is 0 Å². The van der Waals surface area contributed by atoms with Crippen LogP contribution in [-0.2, 0) is 13.0 Å². The van der Waals surface area contributed by atoms with Crippen molar-refractivity contribution in [2.45, 2.75) is 19.9 Å². The molecule has 21 heavy (non-hydrogen) atoms. The first-order chi connectivity index (χ1) is 10.3. The van der Waals surface area contributed by atoms with Gasteiger partial charge in [0.2, 0.25) is 0 Å². The van der Waals surface area contributed by atoms with Crippen LogP contribution < -0.4 is 5.32 Å². The predicted molar refractivity (Wildman–Crippen MR) is 86.6 cm³/mol. The first-order valence-electron chi connectivity index (χ1n) is 7.29. The Morgan fingerprint density at radius 2 is 1.90 bits per heavy atom. The van der Waals surface area contributed by atoms with Gasteiger partial charge in [-0.3, -0.25) is 0 Å². The number of aromatic hydroxyl groups is 1. The fraction of sp³-hybridized carbons (Fsp3) is 0.222. The molecular formula is C18H20N2O. The minimum Gasteiger partial charge on any atom is -0.507 e. The van der Waals surface area contributed by atoms with E-state index < -0.39 is 0 Å². The molecule has 0 spiro atoms. The number of hydrogen-bond acceptors (Lipinski definition) is 2. The Morgan fingerprint density at radius 1 is 1.05 bits per heavy atom. The Labute approximate surface area is 124 Å². The molecule has 3 rings (SSSR count). The lowest BCUT2D eigenvalue weighted by atomic mass is 10.1. The average molecular weight is 280 g/mol. The summed E-state index contributed by atoms with van der Waals surface area (Å²) < 4.78 is 0. The number of phenols is 1. The van der Waals surface area contributed by atoms with Crippen LogP contribution in [0.4, 0.5) is 0 Å². The zero-order valence-corrected chi connectivity index (χ0v) is 12.2. The lowest BCUT2D eigenvalue weighted by Gasteiger charge is -2.08. The molecule has 2 aromatic carbocycles. The van der Waals surface area contributed by atoms with Crippen molar-refractivity contribution in [3.05, 3.63) is 65.4 Å². The van der Waals surface area contributed by atoms with Crippen LogP contribution in [0.3, 0.4) is 0 Å². The molecule has 108 valence electrons. The molecule has 1 heterocycles. The molecule has 1 aromatic heterocycles. The molecule has 3 aromatic rings. The molecule has 3 heteroatoms. The van der Waals surface area contributed by atoms with Crippen molar-refractivity contribution in [1.29, 1.82) is 0 Å². The molecule has 0 aliphatic carbocycles. The van der Waals surface area contributed by atoms with Gasteiger partial charge in [0.1, 0.15) is 5.75 Å². The van der Waals surface area contributed by atoms with Crippen LogP contribution in [0.5, 0.6) is 5.75 Å². The maximum absolute atomic E-state index is 9.98. The van der Waals surface area contributed by atoms with Gasteiger partial charge in [-0.2, -0.15) is 0 Å². The number of nitrogens with one attached hydrogen (secondary N) is 2. The number of phenolic OH excluding ortho intramolecular Hbond substituents is 1. The zero-order valence-electron chi connectivity index (χ0n) is 12.2. The number of H-pyrrole nitrogens is 1. The summed E-state index contributed by atoms with van der Waals surface area (Å²) in [5, 5.41) is 14.7. The quantitative estimate of drug-likeness (QED) is 0.626. The smallest absolute Gasteiger partial charge is 0.122 e. The minimum atomic E-state index is 0.400. The average Bonchev–Trinajstić information content (AvgIpc) is 2.91. The van der Waals surface area contributed by atoms with Gasteiger partial charge in [0.05, 0.1) is 0 Å². The first kappa shape index (κ1) is 13.7. The third kappa shape index (κ3) is 2.93. The summed E-state index contributed by atoms with van der Waals surface area (Å²) in [6.07, 6.45) is 3.05. The number of aromatic amines is 1. The van der Waals surface area contributed by atoms with E-state index >= 15 is 0 Å². The Bertz CT molecular complexity index is 746. The van der Waals surface area contributed by atoms with Gasteiger partial charge in [0.15, 0.2) is 0 Å². The highest BCUT2D eigenvalue weighted by Gasteiger charge is 2.04. The van der Waals surface area contributed by atoms with E-state index in [1.807, 2.05) is 31.2 Å². The number of aryl methyl sites for hydroxylation is 1. The molecule has 0 bridgehead atoms. The number of para-hydroxylation sites is 2. The SMILES string of the molecule is Cc1cccc(CNCCc2c[nH]c3ccccc23)c1O. The Hall–Kier alpha value is -2.26. The van der Waals surface area contributed by atoms with Crippen molar-refractivity contribution < 1.29 is 5.11 Å². The van der Waals surface area contributed by atoms with E-state index in [1.54, 1.807) is 0 Å². The highest BCUT2D eigenvalue weighted by Crippen LogP contribution is 2.21. The molecule has 0 aliphatic rings. The van der Waals surface area contributed by atoms with Gasteiger partial charge in [-0.15, -0.1) is 0 Å². The molecule has 0 fully saturated rings. The summed E-state index contributed by atoms with van der Waals surface area (Å²) in [5.41, 5.74) is 4.38. The summed E-state index contributed by atoms with van der Waals surface area (Å²) in [6.45, 7) is 3.50. The molecule has 0 saturated carbocycles. The van der Waals surface area contributed by atoms with Crippen molar-refractivity contribution in [2.24, 2.45) is 0 Å². The van der Waals surface area contributed by atoms with Crippen LogP contribution in [0.2, 0.25) is 0 Å². The zero-order chi connectivity index (χ0) is 14.7. The fourth-order valence-electron chi connectivity index (χ4n) is 2.65. The van der Waals surface area contributed by atoms with Crippen LogP contribution in [0, 0.1) is 6.92 Å². The summed E-state index contributed by atoms with van der Waals surface area (Å²) in [4.78, 5) is 3.30. The Kier molecular flexibility index (Phi) is 3.93. The van der Waals surface area contributed by atoms with Crippen molar-refractivity contribution in [1.82, 2.24) is 10.3 Å². The predicted octanol–water partition coefficient (Wildman–Crippen LogP) is 3.51. The fourth-order valence-corrected chi connectivity index (χ4v) is 2.65. The van der Waals surface area contributed by atoms with Crippen LogP contribution in [0.1, 0.15) is 16.7 Å². The maximum Gasteiger partial charge on any atom is 0.122 e.